The maximum Gasteiger partial charge on any atom is 0.320 e. The highest BCUT2D eigenvalue weighted by Gasteiger charge is 2.25. The van der Waals surface area contributed by atoms with Gasteiger partial charge < -0.3 is 20.3 Å². The summed E-state index contributed by atoms with van der Waals surface area (Å²) in [5.41, 5.74) is 3.89. The van der Waals surface area contributed by atoms with Gasteiger partial charge in [0.1, 0.15) is 23.9 Å². The van der Waals surface area contributed by atoms with Crippen LogP contribution in [0, 0.1) is 11.7 Å². The molecular weight excluding hydrogens is 471 g/mol. The summed E-state index contributed by atoms with van der Waals surface area (Å²) >= 11 is 0. The van der Waals surface area contributed by atoms with Crippen molar-refractivity contribution in [3.8, 4) is 17.3 Å². The van der Waals surface area contributed by atoms with Crippen LogP contribution in [-0.4, -0.2) is 65.1 Å². The van der Waals surface area contributed by atoms with Gasteiger partial charge in [-0.2, -0.15) is 9.97 Å². The van der Waals surface area contributed by atoms with Crippen LogP contribution in [-0.2, 0) is 17.6 Å². The van der Waals surface area contributed by atoms with Crippen molar-refractivity contribution >= 4 is 22.8 Å². The van der Waals surface area contributed by atoms with Gasteiger partial charge in [0, 0.05) is 24.7 Å². The second kappa shape index (κ2) is 10.8. The van der Waals surface area contributed by atoms with E-state index in [1.165, 1.54) is 17.7 Å². The van der Waals surface area contributed by atoms with Crippen LogP contribution in [0.2, 0.25) is 0 Å². The van der Waals surface area contributed by atoms with Crippen LogP contribution in [0.1, 0.15) is 30.9 Å². The molecule has 2 aromatic heterocycles. The zero-order valence-electron chi connectivity index (χ0n) is 21.4. The van der Waals surface area contributed by atoms with Gasteiger partial charge in [0.25, 0.3) is 0 Å². The predicted octanol–water partition coefficient (Wildman–Crippen LogP) is 3.75. The maximum atomic E-state index is 15.5. The van der Waals surface area contributed by atoms with Gasteiger partial charge in [-0.25, -0.2) is 9.37 Å². The summed E-state index contributed by atoms with van der Waals surface area (Å²) in [6, 6.07) is 7.95. The van der Waals surface area contributed by atoms with E-state index in [-0.39, 0.29) is 11.9 Å². The number of ether oxygens (including phenoxy) is 1. The highest BCUT2D eigenvalue weighted by molar-refractivity contribution is 5.89. The summed E-state index contributed by atoms with van der Waals surface area (Å²) in [6.07, 6.45) is 5.30. The van der Waals surface area contributed by atoms with Crippen LogP contribution >= 0.6 is 0 Å². The van der Waals surface area contributed by atoms with Gasteiger partial charge in [0.05, 0.1) is 5.39 Å². The molecule has 1 aliphatic carbocycles. The Balaban J connectivity index is 1.49. The molecule has 1 amide bonds. The molecule has 3 heterocycles. The van der Waals surface area contributed by atoms with Crippen LogP contribution in [0.5, 0.6) is 6.01 Å². The monoisotopic (exact) mass is 504 g/mol. The first-order valence-electron chi connectivity index (χ1n) is 12.9. The van der Waals surface area contributed by atoms with Crippen LogP contribution in [0.3, 0.4) is 0 Å². The molecule has 1 aliphatic heterocycles. The average molecular weight is 505 g/mol. The number of hydrogen-bond acceptors (Lipinski definition) is 7. The Morgan fingerprint density at radius 2 is 2.14 bits per heavy atom. The lowest BCUT2D eigenvalue weighted by Crippen LogP contribution is -2.31. The van der Waals surface area contributed by atoms with Crippen LogP contribution in [0.15, 0.2) is 36.9 Å². The first kappa shape index (κ1) is 25.1. The number of likely N-dealkylation sites (tertiary alicyclic amines) is 1. The summed E-state index contributed by atoms with van der Waals surface area (Å²) in [5.74, 6) is 0.250. The minimum atomic E-state index is -0.423. The summed E-state index contributed by atoms with van der Waals surface area (Å²) in [7, 11) is 2.09. The lowest BCUT2D eigenvalue weighted by Gasteiger charge is -2.19. The quantitative estimate of drug-likeness (QED) is 0.339. The molecule has 1 unspecified atom stereocenters. The molecular formula is C28H33FN6O2. The van der Waals surface area contributed by atoms with Crippen molar-refractivity contribution in [3.63, 3.8) is 0 Å². The van der Waals surface area contributed by atoms with Crippen LogP contribution in [0.25, 0.3) is 22.3 Å². The molecule has 1 fully saturated rings. The molecule has 0 radical (unpaired) electrons. The van der Waals surface area contributed by atoms with Crippen molar-refractivity contribution in [2.45, 2.75) is 38.6 Å². The van der Waals surface area contributed by atoms with E-state index < -0.39 is 5.82 Å². The van der Waals surface area contributed by atoms with Crippen molar-refractivity contribution in [2.24, 2.45) is 5.92 Å². The molecule has 1 saturated heterocycles. The number of amides is 1. The number of likely N-dealkylation sites (N-methyl/N-ethyl adjacent to an activating group) is 1. The second-order valence-electron chi connectivity index (χ2n) is 10.0. The van der Waals surface area contributed by atoms with E-state index in [0.717, 1.165) is 43.4 Å². The molecule has 0 spiro atoms. The predicted molar refractivity (Wildman–Crippen MR) is 142 cm³/mol. The number of hydrogen-bond donors (Lipinski definition) is 2. The molecule has 8 nitrogen and oxygen atoms in total. The standard InChI is InChI=1S/C28H33FN6O2/c1-4-24(36)30-10-11-31-26-22-15-23(29)25(20-9-5-7-18-13-17(2)14-21(18)20)32-27(22)34-28(33-26)37-16-19-8-6-12-35(19)3/h4-5,7,9,15,17,19H,1,6,8,10-14,16H2,2-3H3,(H,30,36)(H,31,32,33,34)/t17?,19-/m0/s1. The fraction of sp³-hybridized carbons (Fsp3) is 0.429. The van der Waals surface area contributed by atoms with E-state index in [0.29, 0.717) is 54.2 Å². The van der Waals surface area contributed by atoms with E-state index in [4.69, 9.17) is 9.72 Å². The van der Waals surface area contributed by atoms with Crippen molar-refractivity contribution in [1.29, 1.82) is 0 Å². The van der Waals surface area contributed by atoms with Gasteiger partial charge >= 0.3 is 6.01 Å². The minimum Gasteiger partial charge on any atom is -0.462 e. The van der Waals surface area contributed by atoms with Crippen molar-refractivity contribution < 1.29 is 13.9 Å². The lowest BCUT2D eigenvalue weighted by molar-refractivity contribution is -0.116. The number of halogens is 1. The summed E-state index contributed by atoms with van der Waals surface area (Å²) in [4.78, 5) is 27.5. The Morgan fingerprint density at radius 1 is 1.27 bits per heavy atom. The van der Waals surface area contributed by atoms with E-state index in [1.54, 1.807) is 0 Å². The third kappa shape index (κ3) is 5.41. The van der Waals surface area contributed by atoms with Crippen molar-refractivity contribution in [3.05, 3.63) is 53.9 Å². The molecule has 9 heteroatoms. The number of fused-ring (bicyclic) bond motifs is 2. The van der Waals surface area contributed by atoms with Crippen LogP contribution < -0.4 is 15.4 Å². The number of carbonyl (C=O) groups is 1. The SMILES string of the molecule is C=CC(=O)NCCNc1nc(OC[C@@H]2CCCN2C)nc2nc(-c3cccc4c3CC(C)C4)c(F)cc12. The number of anilines is 1. The van der Waals surface area contributed by atoms with E-state index in [2.05, 4.69) is 52.1 Å². The summed E-state index contributed by atoms with van der Waals surface area (Å²) < 4.78 is 21.6. The molecule has 0 bridgehead atoms. The van der Waals surface area contributed by atoms with Crippen molar-refractivity contribution in [2.75, 3.05) is 38.6 Å². The van der Waals surface area contributed by atoms with Gasteiger partial charge in [-0.15, -0.1) is 0 Å². The van der Waals surface area contributed by atoms with E-state index in [9.17, 15) is 4.79 Å². The Bertz CT molecular complexity index is 1330. The topological polar surface area (TPSA) is 92.3 Å². The van der Waals surface area contributed by atoms with Gasteiger partial charge in [0.2, 0.25) is 5.91 Å². The third-order valence-corrected chi connectivity index (χ3v) is 7.25. The largest absolute Gasteiger partial charge is 0.462 e. The number of nitrogens with zero attached hydrogens (tertiary/aromatic N) is 4. The number of aromatic nitrogens is 3. The normalized spacial score (nSPS) is 19.1. The smallest absolute Gasteiger partial charge is 0.320 e. The molecule has 5 rings (SSSR count). The Labute approximate surface area is 216 Å². The maximum absolute atomic E-state index is 15.5. The highest BCUT2D eigenvalue weighted by atomic mass is 19.1. The van der Waals surface area contributed by atoms with E-state index in [1.807, 2.05) is 12.1 Å². The molecule has 2 aliphatic rings. The fourth-order valence-electron chi connectivity index (χ4n) is 5.28. The third-order valence-electron chi connectivity index (χ3n) is 7.25. The molecule has 3 aromatic rings. The molecule has 194 valence electrons. The lowest BCUT2D eigenvalue weighted by atomic mass is 9.99. The summed E-state index contributed by atoms with van der Waals surface area (Å²) in [6.45, 7) is 7.90. The van der Waals surface area contributed by atoms with E-state index >= 15 is 4.39 Å². The fourth-order valence-corrected chi connectivity index (χ4v) is 5.28. The molecule has 2 N–H and O–H groups in total. The minimum absolute atomic E-state index is 0.197. The number of pyridine rings is 1. The molecule has 2 atom stereocenters. The first-order chi connectivity index (χ1) is 17.9. The number of rotatable bonds is 9. The second-order valence-corrected chi connectivity index (χ2v) is 10.0. The Hall–Kier alpha value is -3.59. The molecule has 1 aromatic carbocycles. The van der Waals surface area contributed by atoms with Gasteiger partial charge in [-0.3, -0.25) is 4.79 Å². The Morgan fingerprint density at radius 3 is 2.92 bits per heavy atom. The molecule has 0 saturated carbocycles. The number of benzene rings is 1. The number of carbonyl (C=O) groups excluding carboxylic acids is 1. The van der Waals surface area contributed by atoms with Crippen molar-refractivity contribution in [1.82, 2.24) is 25.2 Å². The Kier molecular flexibility index (Phi) is 7.32. The first-order valence-corrected chi connectivity index (χ1v) is 12.9. The van der Waals surface area contributed by atoms with Gasteiger partial charge in [-0.05, 0) is 68.5 Å². The highest BCUT2D eigenvalue weighted by Crippen LogP contribution is 2.36. The summed E-state index contributed by atoms with van der Waals surface area (Å²) in [5, 5.41) is 6.35. The van der Waals surface area contributed by atoms with Crippen LogP contribution in [0.4, 0.5) is 10.2 Å². The van der Waals surface area contributed by atoms with Gasteiger partial charge in [-0.1, -0.05) is 31.7 Å². The zero-order chi connectivity index (χ0) is 25.9. The van der Waals surface area contributed by atoms with Gasteiger partial charge in [0.15, 0.2) is 5.65 Å². The zero-order valence-corrected chi connectivity index (χ0v) is 21.4. The average Bonchev–Trinajstić information content (AvgIpc) is 3.48. The molecule has 37 heavy (non-hydrogen) atoms. The number of nitrogens with one attached hydrogen (secondary N) is 2.